The SMILES string of the molecule is OC(c1cnc2[nH]ccc2c1)C1CC(F)(F)C1. The molecule has 1 aliphatic rings. The first-order valence-electron chi connectivity index (χ1n) is 5.54. The molecule has 0 aliphatic heterocycles. The van der Waals surface area contributed by atoms with Gasteiger partial charge in [0.05, 0.1) is 6.10 Å². The van der Waals surface area contributed by atoms with Gasteiger partial charge >= 0.3 is 0 Å². The maximum atomic E-state index is 12.7. The monoisotopic (exact) mass is 238 g/mol. The fourth-order valence-corrected chi connectivity index (χ4v) is 2.32. The van der Waals surface area contributed by atoms with Crippen LogP contribution in [0.15, 0.2) is 24.5 Å². The Morgan fingerprint density at radius 3 is 2.94 bits per heavy atom. The summed E-state index contributed by atoms with van der Waals surface area (Å²) in [6.07, 6.45) is 1.98. The summed E-state index contributed by atoms with van der Waals surface area (Å²) >= 11 is 0. The lowest BCUT2D eigenvalue weighted by atomic mass is 9.76. The molecule has 0 bridgehead atoms. The van der Waals surface area contributed by atoms with E-state index in [1.165, 1.54) is 0 Å². The highest BCUT2D eigenvalue weighted by Gasteiger charge is 2.48. The topological polar surface area (TPSA) is 48.9 Å². The van der Waals surface area contributed by atoms with Crippen LogP contribution in [0.3, 0.4) is 0 Å². The first kappa shape index (κ1) is 10.7. The molecule has 0 aromatic carbocycles. The Labute approximate surface area is 96.5 Å². The fourth-order valence-electron chi connectivity index (χ4n) is 2.32. The second kappa shape index (κ2) is 3.50. The Kier molecular flexibility index (Phi) is 2.19. The molecule has 1 saturated carbocycles. The molecule has 0 amide bonds. The molecule has 90 valence electrons. The van der Waals surface area contributed by atoms with E-state index in [1.54, 1.807) is 18.5 Å². The van der Waals surface area contributed by atoms with Gasteiger partial charge < -0.3 is 10.1 Å². The van der Waals surface area contributed by atoms with E-state index in [0.717, 1.165) is 11.0 Å². The van der Waals surface area contributed by atoms with Gasteiger partial charge in [-0.25, -0.2) is 13.8 Å². The number of nitrogens with one attached hydrogen (secondary N) is 1. The van der Waals surface area contributed by atoms with E-state index >= 15 is 0 Å². The van der Waals surface area contributed by atoms with Crippen molar-refractivity contribution in [2.24, 2.45) is 5.92 Å². The van der Waals surface area contributed by atoms with Gasteiger partial charge in [0, 0.05) is 36.5 Å². The number of aliphatic hydroxyl groups is 1. The van der Waals surface area contributed by atoms with E-state index in [0.29, 0.717) is 5.56 Å². The molecule has 0 saturated heterocycles. The number of alkyl halides is 2. The van der Waals surface area contributed by atoms with E-state index in [2.05, 4.69) is 9.97 Å². The summed E-state index contributed by atoms with van der Waals surface area (Å²) in [4.78, 5) is 7.08. The Bertz CT molecular complexity index is 544. The third-order valence-electron chi connectivity index (χ3n) is 3.33. The van der Waals surface area contributed by atoms with Gasteiger partial charge in [-0.05, 0) is 17.7 Å². The van der Waals surface area contributed by atoms with Crippen LogP contribution in [0.1, 0.15) is 24.5 Å². The number of pyridine rings is 1. The summed E-state index contributed by atoms with van der Waals surface area (Å²) in [5.41, 5.74) is 1.34. The highest BCUT2D eigenvalue weighted by atomic mass is 19.3. The Hall–Kier alpha value is -1.49. The molecule has 1 fully saturated rings. The van der Waals surface area contributed by atoms with Crippen molar-refractivity contribution >= 4 is 11.0 Å². The van der Waals surface area contributed by atoms with Gasteiger partial charge in [-0.2, -0.15) is 0 Å². The highest BCUT2D eigenvalue weighted by molar-refractivity contribution is 5.75. The van der Waals surface area contributed by atoms with Crippen LogP contribution in [0.4, 0.5) is 8.78 Å². The van der Waals surface area contributed by atoms with Crippen molar-refractivity contribution in [3.63, 3.8) is 0 Å². The molecule has 3 rings (SSSR count). The summed E-state index contributed by atoms with van der Waals surface area (Å²) in [7, 11) is 0. The van der Waals surface area contributed by atoms with Gasteiger partial charge in [-0.15, -0.1) is 0 Å². The molecule has 2 N–H and O–H groups in total. The summed E-state index contributed by atoms with van der Waals surface area (Å²) in [6.45, 7) is 0. The lowest BCUT2D eigenvalue weighted by Crippen LogP contribution is -2.38. The minimum atomic E-state index is -2.60. The molecular weight excluding hydrogens is 226 g/mol. The number of rotatable bonds is 2. The molecule has 2 heterocycles. The Morgan fingerprint density at radius 2 is 2.24 bits per heavy atom. The van der Waals surface area contributed by atoms with E-state index in [9.17, 15) is 13.9 Å². The van der Waals surface area contributed by atoms with Crippen LogP contribution in [-0.4, -0.2) is 21.0 Å². The molecule has 3 nitrogen and oxygen atoms in total. The van der Waals surface area contributed by atoms with Crippen LogP contribution in [0.2, 0.25) is 0 Å². The van der Waals surface area contributed by atoms with Crippen molar-refractivity contribution in [2.45, 2.75) is 24.9 Å². The predicted molar refractivity (Wildman–Crippen MR) is 58.7 cm³/mol. The number of aromatic amines is 1. The van der Waals surface area contributed by atoms with Crippen LogP contribution in [0.5, 0.6) is 0 Å². The second-order valence-corrected chi connectivity index (χ2v) is 4.65. The van der Waals surface area contributed by atoms with Gasteiger partial charge in [0.2, 0.25) is 5.92 Å². The molecule has 2 aromatic heterocycles. The van der Waals surface area contributed by atoms with E-state index in [1.807, 2.05) is 6.07 Å². The molecule has 1 atom stereocenters. The largest absolute Gasteiger partial charge is 0.388 e. The highest BCUT2D eigenvalue weighted by Crippen LogP contribution is 2.48. The van der Waals surface area contributed by atoms with Crippen molar-refractivity contribution in [1.82, 2.24) is 9.97 Å². The average Bonchev–Trinajstić information content (AvgIpc) is 2.71. The first-order valence-corrected chi connectivity index (χ1v) is 5.54. The fraction of sp³-hybridized carbons (Fsp3) is 0.417. The first-order chi connectivity index (χ1) is 8.05. The predicted octanol–water partition coefficient (Wildman–Crippen LogP) is 2.64. The maximum Gasteiger partial charge on any atom is 0.248 e. The molecular formula is C12H12F2N2O. The lowest BCUT2D eigenvalue weighted by molar-refractivity contribution is -0.142. The quantitative estimate of drug-likeness (QED) is 0.845. The number of aliphatic hydroxyl groups excluding tert-OH is 1. The van der Waals surface area contributed by atoms with Crippen LogP contribution in [-0.2, 0) is 0 Å². The molecule has 2 aromatic rings. The molecule has 0 spiro atoms. The van der Waals surface area contributed by atoms with Crippen molar-refractivity contribution < 1.29 is 13.9 Å². The number of hydrogen-bond acceptors (Lipinski definition) is 2. The maximum absolute atomic E-state index is 12.7. The van der Waals surface area contributed by atoms with Gasteiger partial charge in [-0.1, -0.05) is 0 Å². The lowest BCUT2D eigenvalue weighted by Gasteiger charge is -2.37. The van der Waals surface area contributed by atoms with Crippen LogP contribution >= 0.6 is 0 Å². The second-order valence-electron chi connectivity index (χ2n) is 4.65. The molecule has 0 radical (unpaired) electrons. The summed E-state index contributed by atoms with van der Waals surface area (Å²) in [5, 5.41) is 10.9. The molecule has 5 heteroatoms. The van der Waals surface area contributed by atoms with Gasteiger partial charge in [0.25, 0.3) is 0 Å². The van der Waals surface area contributed by atoms with E-state index in [4.69, 9.17) is 0 Å². The number of hydrogen-bond donors (Lipinski definition) is 2. The van der Waals surface area contributed by atoms with Crippen molar-refractivity contribution in [3.8, 4) is 0 Å². The zero-order valence-electron chi connectivity index (χ0n) is 9.03. The van der Waals surface area contributed by atoms with Crippen LogP contribution in [0.25, 0.3) is 11.0 Å². The molecule has 1 aliphatic carbocycles. The third kappa shape index (κ3) is 1.80. The van der Waals surface area contributed by atoms with Gasteiger partial charge in [0.15, 0.2) is 0 Å². The van der Waals surface area contributed by atoms with Crippen LogP contribution < -0.4 is 0 Å². The zero-order chi connectivity index (χ0) is 12.0. The van der Waals surface area contributed by atoms with Crippen LogP contribution in [0, 0.1) is 5.92 Å². The molecule has 1 unspecified atom stereocenters. The minimum absolute atomic E-state index is 0.237. The van der Waals surface area contributed by atoms with E-state index in [-0.39, 0.29) is 18.8 Å². The summed E-state index contributed by atoms with van der Waals surface area (Å²) in [6, 6.07) is 3.63. The number of H-pyrrole nitrogens is 1. The normalized spacial score (nSPS) is 21.4. The van der Waals surface area contributed by atoms with Crippen molar-refractivity contribution in [3.05, 3.63) is 30.1 Å². The van der Waals surface area contributed by atoms with E-state index < -0.39 is 12.0 Å². The Morgan fingerprint density at radius 1 is 1.47 bits per heavy atom. The smallest absolute Gasteiger partial charge is 0.248 e. The summed E-state index contributed by atoms with van der Waals surface area (Å²) in [5.74, 6) is -2.96. The average molecular weight is 238 g/mol. The van der Waals surface area contributed by atoms with Crippen molar-refractivity contribution in [1.29, 1.82) is 0 Å². The van der Waals surface area contributed by atoms with Crippen molar-refractivity contribution in [2.75, 3.05) is 0 Å². The number of fused-ring (bicyclic) bond motifs is 1. The van der Waals surface area contributed by atoms with Gasteiger partial charge in [-0.3, -0.25) is 0 Å². The number of halogens is 2. The summed E-state index contributed by atoms with van der Waals surface area (Å²) < 4.78 is 25.5. The Balaban J connectivity index is 1.83. The number of nitrogens with zero attached hydrogens (tertiary/aromatic N) is 1. The standard InChI is InChI=1S/C12H12F2N2O/c13-12(14)4-9(5-12)10(17)8-3-7-1-2-15-11(7)16-6-8/h1-3,6,9-10,17H,4-5H2,(H,15,16). The zero-order valence-corrected chi connectivity index (χ0v) is 9.03. The third-order valence-corrected chi connectivity index (χ3v) is 3.33. The minimum Gasteiger partial charge on any atom is -0.388 e. The van der Waals surface area contributed by atoms with Gasteiger partial charge in [0.1, 0.15) is 5.65 Å². The molecule has 17 heavy (non-hydrogen) atoms. The number of aromatic nitrogens is 2.